The van der Waals surface area contributed by atoms with E-state index in [1.54, 1.807) is 12.4 Å². The van der Waals surface area contributed by atoms with Gasteiger partial charge in [0, 0.05) is 30.5 Å². The van der Waals surface area contributed by atoms with E-state index in [0.29, 0.717) is 12.0 Å². The molecule has 2 N–H and O–H groups in total. The third-order valence-electron chi connectivity index (χ3n) is 3.46. The maximum absolute atomic E-state index is 10.4. The van der Waals surface area contributed by atoms with Gasteiger partial charge in [-0.05, 0) is 25.8 Å². The highest BCUT2D eigenvalue weighted by Crippen LogP contribution is 2.21. The normalized spacial score (nSPS) is 19.5. The second kappa shape index (κ2) is 6.47. The summed E-state index contributed by atoms with van der Waals surface area (Å²) in [5.74, 6) is -0.560. The zero-order chi connectivity index (χ0) is 13.7. The van der Waals surface area contributed by atoms with Crippen LogP contribution in [0.4, 0.5) is 5.95 Å². The van der Waals surface area contributed by atoms with Crippen LogP contribution in [0.3, 0.4) is 0 Å². The summed E-state index contributed by atoms with van der Waals surface area (Å²) in [5.41, 5.74) is 1.07. The lowest BCUT2D eigenvalue weighted by Gasteiger charge is -2.22. The summed E-state index contributed by atoms with van der Waals surface area (Å²) in [5, 5.41) is 11.2. The van der Waals surface area contributed by atoms with Crippen LogP contribution >= 0.6 is 0 Å². The summed E-state index contributed by atoms with van der Waals surface area (Å²) in [6, 6.07) is 0.671. The molecule has 1 aliphatic rings. The molecular weight excluding hydrogens is 244 g/mol. The van der Waals surface area contributed by atoms with Gasteiger partial charge in [0.25, 0.3) is 0 Å². The van der Waals surface area contributed by atoms with Crippen LogP contribution in [-0.2, 0) is 11.3 Å². The second-order valence-corrected chi connectivity index (χ2v) is 4.84. The smallest absolute Gasteiger partial charge is 0.322 e. The van der Waals surface area contributed by atoms with Gasteiger partial charge in [0.15, 0.2) is 0 Å². The van der Waals surface area contributed by atoms with E-state index < -0.39 is 5.97 Å². The summed E-state index contributed by atoms with van der Waals surface area (Å²) in [7, 11) is 0. The SMILES string of the molecule is CCC1CCCN1Cc1cnc(NCC(=O)O)nc1. The monoisotopic (exact) mass is 264 g/mol. The van der Waals surface area contributed by atoms with Gasteiger partial charge in [0.2, 0.25) is 5.95 Å². The predicted molar refractivity (Wildman–Crippen MR) is 71.9 cm³/mol. The Kier molecular flexibility index (Phi) is 4.68. The van der Waals surface area contributed by atoms with Crippen LogP contribution in [-0.4, -0.2) is 45.1 Å². The van der Waals surface area contributed by atoms with Crippen molar-refractivity contribution in [2.45, 2.75) is 38.8 Å². The van der Waals surface area contributed by atoms with Gasteiger partial charge in [-0.3, -0.25) is 9.69 Å². The highest BCUT2D eigenvalue weighted by atomic mass is 16.4. The van der Waals surface area contributed by atoms with Gasteiger partial charge in [-0.1, -0.05) is 6.92 Å². The number of carboxylic acids is 1. The van der Waals surface area contributed by atoms with Crippen molar-refractivity contribution in [3.05, 3.63) is 18.0 Å². The standard InChI is InChI=1S/C13H20N4O2/c1-2-11-4-3-5-17(11)9-10-6-14-13(15-7-10)16-8-12(18)19/h6-7,11H,2-5,8-9H2,1H3,(H,18,19)(H,14,15,16). The van der Waals surface area contributed by atoms with E-state index in [9.17, 15) is 4.79 Å². The lowest BCUT2D eigenvalue weighted by molar-refractivity contribution is -0.134. The van der Waals surface area contributed by atoms with Gasteiger partial charge < -0.3 is 10.4 Å². The summed E-state index contributed by atoms with van der Waals surface area (Å²) >= 11 is 0. The van der Waals surface area contributed by atoms with Crippen LogP contribution in [0.15, 0.2) is 12.4 Å². The Bertz CT molecular complexity index is 421. The minimum Gasteiger partial charge on any atom is -0.480 e. The van der Waals surface area contributed by atoms with Gasteiger partial charge >= 0.3 is 5.97 Å². The summed E-state index contributed by atoms with van der Waals surface area (Å²) in [6.07, 6.45) is 7.25. The minimum atomic E-state index is -0.921. The fraction of sp³-hybridized carbons (Fsp3) is 0.615. The Morgan fingerprint density at radius 3 is 2.89 bits per heavy atom. The number of nitrogens with one attached hydrogen (secondary N) is 1. The van der Waals surface area contributed by atoms with E-state index >= 15 is 0 Å². The van der Waals surface area contributed by atoms with Crippen LogP contribution in [0.1, 0.15) is 31.7 Å². The van der Waals surface area contributed by atoms with Crippen LogP contribution in [0.25, 0.3) is 0 Å². The molecule has 6 nitrogen and oxygen atoms in total. The van der Waals surface area contributed by atoms with Gasteiger partial charge in [-0.2, -0.15) is 0 Å². The molecule has 1 aromatic heterocycles. The molecule has 2 heterocycles. The number of nitrogens with zero attached hydrogens (tertiary/aromatic N) is 3. The van der Waals surface area contributed by atoms with Crippen molar-refractivity contribution in [3.8, 4) is 0 Å². The fourth-order valence-corrected chi connectivity index (χ4v) is 2.48. The maximum Gasteiger partial charge on any atom is 0.322 e. The first-order chi connectivity index (χ1) is 9.19. The zero-order valence-electron chi connectivity index (χ0n) is 11.2. The number of hydrogen-bond acceptors (Lipinski definition) is 5. The number of aliphatic carboxylic acids is 1. The maximum atomic E-state index is 10.4. The molecule has 0 bridgehead atoms. The molecule has 0 amide bonds. The average Bonchev–Trinajstić information content (AvgIpc) is 2.85. The van der Waals surface area contributed by atoms with Crippen molar-refractivity contribution in [1.82, 2.24) is 14.9 Å². The molecular formula is C13H20N4O2. The molecule has 0 aliphatic carbocycles. The predicted octanol–water partition coefficient (Wildman–Crippen LogP) is 1.35. The quantitative estimate of drug-likeness (QED) is 0.807. The number of hydrogen-bond donors (Lipinski definition) is 2. The first-order valence-corrected chi connectivity index (χ1v) is 6.69. The van der Waals surface area contributed by atoms with Gasteiger partial charge in [0.05, 0.1) is 0 Å². The summed E-state index contributed by atoms with van der Waals surface area (Å²) < 4.78 is 0. The number of likely N-dealkylation sites (tertiary alicyclic amines) is 1. The van der Waals surface area contributed by atoms with Crippen molar-refractivity contribution >= 4 is 11.9 Å². The van der Waals surface area contributed by atoms with Crippen molar-refractivity contribution < 1.29 is 9.90 Å². The molecule has 1 saturated heterocycles. The first-order valence-electron chi connectivity index (χ1n) is 6.69. The van der Waals surface area contributed by atoms with E-state index in [1.807, 2.05) is 0 Å². The van der Waals surface area contributed by atoms with Gasteiger partial charge in [0.1, 0.15) is 6.54 Å². The number of carbonyl (C=O) groups is 1. The summed E-state index contributed by atoms with van der Waals surface area (Å²) in [6.45, 7) is 4.07. The minimum absolute atomic E-state index is 0.163. The molecule has 2 rings (SSSR count). The first kappa shape index (κ1) is 13.7. The highest BCUT2D eigenvalue weighted by molar-refractivity contribution is 5.71. The summed E-state index contributed by atoms with van der Waals surface area (Å²) in [4.78, 5) is 21.1. The van der Waals surface area contributed by atoms with E-state index in [0.717, 1.165) is 18.7 Å². The molecule has 0 saturated carbocycles. The lowest BCUT2D eigenvalue weighted by Crippen LogP contribution is -2.28. The van der Waals surface area contributed by atoms with Crippen molar-refractivity contribution in [2.75, 3.05) is 18.4 Å². The van der Waals surface area contributed by atoms with Crippen molar-refractivity contribution in [1.29, 1.82) is 0 Å². The number of aromatic nitrogens is 2. The fourth-order valence-electron chi connectivity index (χ4n) is 2.48. The number of carboxylic acid groups (broad SMARTS) is 1. The van der Waals surface area contributed by atoms with Crippen LogP contribution in [0, 0.1) is 0 Å². The molecule has 104 valence electrons. The van der Waals surface area contributed by atoms with Gasteiger partial charge in [-0.25, -0.2) is 9.97 Å². The molecule has 1 fully saturated rings. The van der Waals surface area contributed by atoms with E-state index in [-0.39, 0.29) is 6.54 Å². The molecule has 1 aromatic rings. The van der Waals surface area contributed by atoms with Crippen molar-refractivity contribution in [3.63, 3.8) is 0 Å². The molecule has 1 aliphatic heterocycles. The second-order valence-electron chi connectivity index (χ2n) is 4.84. The van der Waals surface area contributed by atoms with Gasteiger partial charge in [-0.15, -0.1) is 0 Å². The Morgan fingerprint density at radius 2 is 2.26 bits per heavy atom. The topological polar surface area (TPSA) is 78.4 Å². The van der Waals surface area contributed by atoms with Crippen LogP contribution < -0.4 is 5.32 Å². The molecule has 6 heteroatoms. The molecule has 0 spiro atoms. The Morgan fingerprint density at radius 1 is 1.53 bits per heavy atom. The third kappa shape index (κ3) is 3.89. The van der Waals surface area contributed by atoms with Crippen molar-refractivity contribution in [2.24, 2.45) is 0 Å². The third-order valence-corrected chi connectivity index (χ3v) is 3.46. The molecule has 1 atom stereocenters. The van der Waals surface area contributed by atoms with Crippen LogP contribution in [0.2, 0.25) is 0 Å². The Hall–Kier alpha value is -1.69. The Balaban J connectivity index is 1.89. The van der Waals surface area contributed by atoms with E-state index in [1.165, 1.54) is 19.3 Å². The molecule has 0 aromatic carbocycles. The Labute approximate surface area is 112 Å². The van der Waals surface area contributed by atoms with E-state index in [4.69, 9.17) is 5.11 Å². The molecule has 19 heavy (non-hydrogen) atoms. The average molecular weight is 264 g/mol. The highest BCUT2D eigenvalue weighted by Gasteiger charge is 2.22. The lowest BCUT2D eigenvalue weighted by atomic mass is 10.1. The molecule has 1 unspecified atom stereocenters. The van der Waals surface area contributed by atoms with E-state index in [2.05, 4.69) is 27.1 Å². The van der Waals surface area contributed by atoms with Crippen LogP contribution in [0.5, 0.6) is 0 Å². The zero-order valence-corrected chi connectivity index (χ0v) is 11.2. The number of rotatable bonds is 6. The molecule has 0 radical (unpaired) electrons. The number of anilines is 1. The largest absolute Gasteiger partial charge is 0.480 e.